The molecule has 0 saturated carbocycles. The van der Waals surface area contributed by atoms with Crippen LogP contribution in [0.15, 0.2) is 24.5 Å². The molecule has 1 heterocycles. The fourth-order valence-corrected chi connectivity index (χ4v) is 2.59. The molecule has 0 aromatic carbocycles. The van der Waals surface area contributed by atoms with Gasteiger partial charge in [0.1, 0.15) is 0 Å². The number of pyridine rings is 1. The quantitative estimate of drug-likeness (QED) is 0.746. The maximum Gasteiger partial charge on any atom is 0.0270 e. The highest BCUT2D eigenvalue weighted by Gasteiger charge is 2.24. The lowest BCUT2D eigenvalue weighted by Crippen LogP contribution is -2.22. The average molecular weight is 270 g/mol. The van der Waals surface area contributed by atoms with Crippen LogP contribution in [0.3, 0.4) is 0 Å². The molecular weight excluding hydrogens is 250 g/mol. The summed E-state index contributed by atoms with van der Waals surface area (Å²) in [5.74, 6) is 1.91. The van der Waals surface area contributed by atoms with Crippen molar-refractivity contribution in [2.45, 2.75) is 38.4 Å². The van der Waals surface area contributed by atoms with E-state index in [0.717, 1.165) is 0 Å². The van der Waals surface area contributed by atoms with Crippen LogP contribution in [0.25, 0.3) is 0 Å². The van der Waals surface area contributed by atoms with Crippen LogP contribution in [0.4, 0.5) is 0 Å². The van der Waals surface area contributed by atoms with Crippen molar-refractivity contribution in [3.63, 3.8) is 0 Å². The third-order valence-corrected chi connectivity index (χ3v) is 4.89. The minimum Gasteiger partial charge on any atom is -0.265 e. The highest BCUT2D eigenvalue weighted by molar-refractivity contribution is 9.09. The van der Waals surface area contributed by atoms with Gasteiger partial charge in [0.25, 0.3) is 0 Å². The molecule has 0 spiro atoms. The Hall–Kier alpha value is -0.370. The summed E-state index contributed by atoms with van der Waals surface area (Å²) < 4.78 is 0. The van der Waals surface area contributed by atoms with Crippen molar-refractivity contribution in [2.24, 2.45) is 11.8 Å². The molecule has 0 radical (unpaired) electrons. The van der Waals surface area contributed by atoms with Gasteiger partial charge in [-0.25, -0.2) is 0 Å². The van der Waals surface area contributed by atoms with Crippen LogP contribution < -0.4 is 0 Å². The summed E-state index contributed by atoms with van der Waals surface area (Å²) in [6.45, 7) is 9.13. The zero-order chi connectivity index (χ0) is 11.4. The summed E-state index contributed by atoms with van der Waals surface area (Å²) in [5.41, 5.74) is 1.36. The predicted molar refractivity (Wildman–Crippen MR) is 69.4 cm³/mol. The SMILES string of the molecule is CC(C)C(C)C(Br)C(C)c1ccncc1. The Bertz CT molecular complexity index is 284. The number of aromatic nitrogens is 1. The van der Waals surface area contributed by atoms with E-state index in [-0.39, 0.29) is 0 Å². The molecule has 3 unspecified atom stereocenters. The first kappa shape index (κ1) is 12.7. The molecule has 2 heteroatoms. The van der Waals surface area contributed by atoms with E-state index in [0.29, 0.717) is 22.6 Å². The highest BCUT2D eigenvalue weighted by atomic mass is 79.9. The van der Waals surface area contributed by atoms with Gasteiger partial charge < -0.3 is 0 Å². The van der Waals surface area contributed by atoms with E-state index < -0.39 is 0 Å². The minimum absolute atomic E-state index is 0.528. The van der Waals surface area contributed by atoms with Gasteiger partial charge in [0.05, 0.1) is 0 Å². The number of alkyl halides is 1. The second-order valence-corrected chi connectivity index (χ2v) is 5.67. The molecule has 0 aliphatic carbocycles. The zero-order valence-electron chi connectivity index (χ0n) is 9.94. The van der Waals surface area contributed by atoms with Crippen LogP contribution >= 0.6 is 15.9 Å². The van der Waals surface area contributed by atoms with Gasteiger partial charge in [-0.2, -0.15) is 0 Å². The second kappa shape index (κ2) is 5.64. The van der Waals surface area contributed by atoms with E-state index in [1.54, 1.807) is 0 Å². The summed E-state index contributed by atoms with van der Waals surface area (Å²) in [5, 5.41) is 0. The van der Waals surface area contributed by atoms with Crippen LogP contribution in [0.1, 0.15) is 39.2 Å². The van der Waals surface area contributed by atoms with E-state index in [1.807, 2.05) is 12.4 Å². The van der Waals surface area contributed by atoms with Crippen LogP contribution in [-0.2, 0) is 0 Å². The van der Waals surface area contributed by atoms with Crippen molar-refractivity contribution in [1.29, 1.82) is 0 Å². The monoisotopic (exact) mass is 269 g/mol. The number of rotatable bonds is 4. The van der Waals surface area contributed by atoms with Gasteiger partial charge in [0.15, 0.2) is 0 Å². The standard InChI is InChI=1S/C13H20BrN/c1-9(2)10(3)13(14)11(4)12-5-7-15-8-6-12/h5-11,13H,1-4H3. The summed E-state index contributed by atoms with van der Waals surface area (Å²) in [6.07, 6.45) is 3.73. The Morgan fingerprint density at radius 2 is 1.60 bits per heavy atom. The summed E-state index contributed by atoms with van der Waals surface area (Å²) >= 11 is 3.83. The fraction of sp³-hybridized carbons (Fsp3) is 0.615. The highest BCUT2D eigenvalue weighted by Crippen LogP contribution is 2.33. The van der Waals surface area contributed by atoms with Gasteiger partial charge >= 0.3 is 0 Å². The van der Waals surface area contributed by atoms with Crippen LogP contribution in [0, 0.1) is 11.8 Å². The Labute approximate surface area is 101 Å². The van der Waals surface area contributed by atoms with Gasteiger partial charge in [-0.15, -0.1) is 0 Å². The van der Waals surface area contributed by atoms with Gasteiger partial charge in [0, 0.05) is 17.2 Å². The predicted octanol–water partition coefficient (Wildman–Crippen LogP) is 4.24. The molecule has 84 valence electrons. The third-order valence-electron chi connectivity index (χ3n) is 3.26. The number of halogens is 1. The third kappa shape index (κ3) is 3.30. The van der Waals surface area contributed by atoms with Crippen molar-refractivity contribution in [1.82, 2.24) is 4.98 Å². The molecular formula is C13H20BrN. The molecule has 1 nitrogen and oxygen atoms in total. The average Bonchev–Trinajstić information content (AvgIpc) is 2.27. The maximum absolute atomic E-state index is 4.05. The smallest absolute Gasteiger partial charge is 0.0270 e. The molecule has 0 aliphatic rings. The van der Waals surface area contributed by atoms with Gasteiger partial charge in [-0.3, -0.25) is 4.98 Å². The number of hydrogen-bond donors (Lipinski definition) is 0. The number of hydrogen-bond acceptors (Lipinski definition) is 1. The van der Waals surface area contributed by atoms with E-state index >= 15 is 0 Å². The molecule has 0 amide bonds. The molecule has 1 rings (SSSR count). The van der Waals surface area contributed by atoms with Crippen molar-refractivity contribution in [3.05, 3.63) is 30.1 Å². The van der Waals surface area contributed by atoms with Crippen LogP contribution in [-0.4, -0.2) is 9.81 Å². The Balaban J connectivity index is 2.73. The topological polar surface area (TPSA) is 12.9 Å². The molecule has 0 aliphatic heterocycles. The Morgan fingerprint density at radius 3 is 2.07 bits per heavy atom. The first-order valence-electron chi connectivity index (χ1n) is 5.58. The van der Waals surface area contributed by atoms with Crippen LogP contribution in [0.5, 0.6) is 0 Å². The van der Waals surface area contributed by atoms with E-state index in [9.17, 15) is 0 Å². The minimum atomic E-state index is 0.528. The first-order chi connectivity index (χ1) is 7.04. The molecule has 0 saturated heterocycles. The lowest BCUT2D eigenvalue weighted by molar-refractivity contribution is 0.385. The summed E-state index contributed by atoms with van der Waals surface area (Å²) in [4.78, 5) is 4.58. The maximum atomic E-state index is 4.05. The lowest BCUT2D eigenvalue weighted by atomic mass is 9.85. The van der Waals surface area contributed by atoms with Crippen LogP contribution in [0.2, 0.25) is 0 Å². The van der Waals surface area contributed by atoms with E-state index in [2.05, 4.69) is 60.7 Å². The molecule has 0 N–H and O–H groups in total. The molecule has 1 aromatic rings. The fourth-order valence-electron chi connectivity index (χ4n) is 1.67. The zero-order valence-corrected chi connectivity index (χ0v) is 11.5. The van der Waals surface area contributed by atoms with Crippen molar-refractivity contribution < 1.29 is 0 Å². The molecule has 15 heavy (non-hydrogen) atoms. The summed E-state index contributed by atoms with van der Waals surface area (Å²) in [7, 11) is 0. The first-order valence-corrected chi connectivity index (χ1v) is 6.49. The van der Waals surface area contributed by atoms with Gasteiger partial charge in [-0.1, -0.05) is 43.6 Å². The molecule has 0 bridgehead atoms. The normalized spacial score (nSPS) is 17.5. The van der Waals surface area contributed by atoms with Gasteiger partial charge in [0.2, 0.25) is 0 Å². The molecule has 0 fully saturated rings. The van der Waals surface area contributed by atoms with E-state index in [4.69, 9.17) is 0 Å². The number of nitrogens with zero attached hydrogens (tertiary/aromatic N) is 1. The lowest BCUT2D eigenvalue weighted by Gasteiger charge is -2.27. The van der Waals surface area contributed by atoms with Gasteiger partial charge in [-0.05, 0) is 35.4 Å². The molecule has 1 aromatic heterocycles. The Morgan fingerprint density at radius 1 is 1.07 bits per heavy atom. The largest absolute Gasteiger partial charge is 0.265 e. The molecule has 3 atom stereocenters. The Kier molecular flexibility index (Phi) is 4.78. The van der Waals surface area contributed by atoms with Crippen molar-refractivity contribution >= 4 is 15.9 Å². The van der Waals surface area contributed by atoms with Crippen molar-refractivity contribution in [2.75, 3.05) is 0 Å². The second-order valence-electron chi connectivity index (χ2n) is 4.62. The van der Waals surface area contributed by atoms with E-state index in [1.165, 1.54) is 5.56 Å². The summed E-state index contributed by atoms with van der Waals surface area (Å²) in [6, 6.07) is 4.21. The van der Waals surface area contributed by atoms with Crippen molar-refractivity contribution in [3.8, 4) is 0 Å².